The molecule has 0 saturated carbocycles. The van der Waals surface area contributed by atoms with Gasteiger partial charge < -0.3 is 4.90 Å². The Morgan fingerprint density at radius 2 is 1.76 bits per heavy atom. The molecule has 1 amide bonds. The number of hydrogen-bond acceptors (Lipinski definition) is 4. The lowest BCUT2D eigenvalue weighted by Gasteiger charge is -2.32. The van der Waals surface area contributed by atoms with Crippen LogP contribution in [0.15, 0.2) is 24.3 Å². The molecule has 0 unspecified atom stereocenters. The minimum atomic E-state index is -3.17. The summed E-state index contributed by atoms with van der Waals surface area (Å²) in [4.78, 5) is 16.6. The van der Waals surface area contributed by atoms with Crippen LogP contribution in [0.5, 0.6) is 0 Å². The first-order valence-corrected chi connectivity index (χ1v) is 10.8. The first-order valence-electron chi connectivity index (χ1n) is 8.95. The van der Waals surface area contributed by atoms with E-state index >= 15 is 0 Å². The Kier molecular flexibility index (Phi) is 5.76. The van der Waals surface area contributed by atoms with Crippen LogP contribution >= 0.6 is 0 Å². The number of sulfonamides is 1. The van der Waals surface area contributed by atoms with Crippen molar-refractivity contribution in [1.29, 1.82) is 0 Å². The Labute approximate surface area is 150 Å². The van der Waals surface area contributed by atoms with Gasteiger partial charge in [-0.25, -0.2) is 13.1 Å². The first-order chi connectivity index (χ1) is 11.9. The van der Waals surface area contributed by atoms with E-state index in [9.17, 15) is 13.2 Å². The average Bonchev–Trinajstić information content (AvgIpc) is 2.96. The van der Waals surface area contributed by atoms with Crippen molar-refractivity contribution in [1.82, 2.24) is 14.5 Å². The molecule has 1 aromatic rings. The Morgan fingerprint density at radius 3 is 2.32 bits per heavy atom. The van der Waals surface area contributed by atoms with Crippen molar-refractivity contribution in [2.24, 2.45) is 0 Å². The van der Waals surface area contributed by atoms with Gasteiger partial charge in [0.15, 0.2) is 0 Å². The highest BCUT2D eigenvalue weighted by molar-refractivity contribution is 7.88. The number of nitrogens with zero attached hydrogens (tertiary/aromatic N) is 2. The van der Waals surface area contributed by atoms with Crippen LogP contribution in [0.2, 0.25) is 0 Å². The Balaban J connectivity index is 1.35. The van der Waals surface area contributed by atoms with Gasteiger partial charge in [-0.1, -0.05) is 24.3 Å². The van der Waals surface area contributed by atoms with Crippen molar-refractivity contribution in [3.05, 3.63) is 35.4 Å². The van der Waals surface area contributed by atoms with E-state index < -0.39 is 10.0 Å². The molecule has 2 heterocycles. The van der Waals surface area contributed by atoms with Gasteiger partial charge in [-0.05, 0) is 36.9 Å². The van der Waals surface area contributed by atoms with Crippen LogP contribution in [0.1, 0.15) is 36.8 Å². The standard InChI is InChI=1S/C18H27N3O3S/c1-25(23,24)19-17-8-11-21(12-9-17)18(22)7-4-10-20-13-15-5-2-3-6-16(15)14-20/h2-3,5-6,17,19H,4,7-14H2,1H3. The molecule has 2 aliphatic rings. The Hall–Kier alpha value is -1.44. The van der Waals surface area contributed by atoms with Gasteiger partial charge in [0.1, 0.15) is 0 Å². The average molecular weight is 365 g/mol. The van der Waals surface area contributed by atoms with Crippen LogP contribution in [0.25, 0.3) is 0 Å². The molecule has 6 nitrogen and oxygen atoms in total. The number of amides is 1. The smallest absolute Gasteiger partial charge is 0.222 e. The molecule has 1 fully saturated rings. The van der Waals surface area contributed by atoms with E-state index in [4.69, 9.17) is 0 Å². The van der Waals surface area contributed by atoms with Gasteiger partial charge in [-0.3, -0.25) is 9.69 Å². The Morgan fingerprint density at radius 1 is 1.16 bits per heavy atom. The summed E-state index contributed by atoms with van der Waals surface area (Å²) in [5, 5.41) is 0. The van der Waals surface area contributed by atoms with Crippen molar-refractivity contribution in [3.63, 3.8) is 0 Å². The highest BCUT2D eigenvalue weighted by atomic mass is 32.2. The number of hydrogen-bond donors (Lipinski definition) is 1. The van der Waals surface area contributed by atoms with Crippen LogP contribution < -0.4 is 4.72 Å². The summed E-state index contributed by atoms with van der Waals surface area (Å²) in [6.45, 7) is 4.18. The number of carbonyl (C=O) groups excluding carboxylic acids is 1. The van der Waals surface area contributed by atoms with Crippen molar-refractivity contribution >= 4 is 15.9 Å². The second-order valence-electron chi connectivity index (χ2n) is 7.13. The first kappa shape index (κ1) is 18.4. The van der Waals surface area contributed by atoms with E-state index in [0.717, 1.165) is 26.1 Å². The van der Waals surface area contributed by atoms with E-state index in [1.54, 1.807) is 0 Å². The molecule has 0 atom stereocenters. The second-order valence-corrected chi connectivity index (χ2v) is 8.91. The molecule has 0 aromatic heterocycles. The van der Waals surface area contributed by atoms with E-state index in [2.05, 4.69) is 33.9 Å². The summed E-state index contributed by atoms with van der Waals surface area (Å²) in [7, 11) is -3.17. The molecule has 1 aromatic carbocycles. The van der Waals surface area contributed by atoms with E-state index in [-0.39, 0.29) is 11.9 Å². The van der Waals surface area contributed by atoms with Gasteiger partial charge in [0.05, 0.1) is 6.26 Å². The third-order valence-corrected chi connectivity index (χ3v) is 5.76. The van der Waals surface area contributed by atoms with Gasteiger partial charge in [0, 0.05) is 38.6 Å². The largest absolute Gasteiger partial charge is 0.343 e. The van der Waals surface area contributed by atoms with Crippen molar-refractivity contribution in [2.75, 3.05) is 25.9 Å². The molecule has 1 saturated heterocycles. The fraction of sp³-hybridized carbons (Fsp3) is 0.611. The van der Waals surface area contributed by atoms with Crippen LogP contribution in [0, 0.1) is 0 Å². The van der Waals surface area contributed by atoms with Gasteiger partial charge in [-0.2, -0.15) is 0 Å². The summed E-state index contributed by atoms with van der Waals surface area (Å²) in [5.74, 6) is 0.189. The molecule has 25 heavy (non-hydrogen) atoms. The summed E-state index contributed by atoms with van der Waals surface area (Å²) in [5.41, 5.74) is 2.79. The number of carbonyl (C=O) groups is 1. The fourth-order valence-electron chi connectivity index (χ4n) is 3.72. The third kappa shape index (κ3) is 5.26. The molecule has 0 spiro atoms. The quantitative estimate of drug-likeness (QED) is 0.826. The SMILES string of the molecule is CS(=O)(=O)NC1CCN(C(=O)CCCN2Cc3ccccc3C2)CC1. The van der Waals surface area contributed by atoms with Crippen molar-refractivity contribution < 1.29 is 13.2 Å². The topological polar surface area (TPSA) is 69.7 Å². The number of rotatable bonds is 6. The fourth-order valence-corrected chi connectivity index (χ4v) is 4.56. The normalized spacial score (nSPS) is 19.2. The number of likely N-dealkylation sites (tertiary alicyclic amines) is 1. The van der Waals surface area contributed by atoms with Crippen LogP contribution in [-0.4, -0.2) is 56.1 Å². The molecule has 3 rings (SSSR count). The number of nitrogens with one attached hydrogen (secondary N) is 1. The second kappa shape index (κ2) is 7.85. The number of piperidine rings is 1. The summed E-state index contributed by atoms with van der Waals surface area (Å²) >= 11 is 0. The Bertz CT molecular complexity index is 687. The van der Waals surface area contributed by atoms with E-state index in [0.29, 0.717) is 32.4 Å². The predicted octanol–water partition coefficient (Wildman–Crippen LogP) is 1.32. The zero-order valence-electron chi connectivity index (χ0n) is 14.8. The van der Waals surface area contributed by atoms with Gasteiger partial charge in [-0.15, -0.1) is 0 Å². The molecule has 0 bridgehead atoms. The van der Waals surface area contributed by atoms with Gasteiger partial charge in [0.25, 0.3) is 0 Å². The molecular formula is C18H27N3O3S. The molecular weight excluding hydrogens is 338 g/mol. The van der Waals surface area contributed by atoms with E-state index in [1.807, 2.05) is 4.90 Å². The lowest BCUT2D eigenvalue weighted by atomic mass is 10.1. The van der Waals surface area contributed by atoms with Crippen LogP contribution in [-0.2, 0) is 27.9 Å². The lowest BCUT2D eigenvalue weighted by Crippen LogP contribution is -2.46. The lowest BCUT2D eigenvalue weighted by molar-refractivity contribution is -0.132. The maximum Gasteiger partial charge on any atom is 0.222 e. The summed E-state index contributed by atoms with van der Waals surface area (Å²) in [6.07, 6.45) is 4.01. The van der Waals surface area contributed by atoms with Gasteiger partial charge >= 0.3 is 0 Å². The molecule has 1 N–H and O–H groups in total. The van der Waals surface area contributed by atoms with Gasteiger partial charge in [0.2, 0.25) is 15.9 Å². The maximum absolute atomic E-state index is 12.4. The van der Waals surface area contributed by atoms with Crippen molar-refractivity contribution in [3.8, 4) is 0 Å². The molecule has 2 aliphatic heterocycles. The monoisotopic (exact) mass is 365 g/mol. The predicted molar refractivity (Wildman–Crippen MR) is 97.4 cm³/mol. The molecule has 0 radical (unpaired) electrons. The minimum absolute atomic E-state index is 0.0397. The van der Waals surface area contributed by atoms with Crippen LogP contribution in [0.4, 0.5) is 0 Å². The third-order valence-electron chi connectivity index (χ3n) is 5.00. The zero-order chi connectivity index (χ0) is 17.9. The summed E-state index contributed by atoms with van der Waals surface area (Å²) in [6, 6.07) is 8.47. The molecule has 7 heteroatoms. The highest BCUT2D eigenvalue weighted by Gasteiger charge is 2.24. The van der Waals surface area contributed by atoms with E-state index in [1.165, 1.54) is 17.4 Å². The highest BCUT2D eigenvalue weighted by Crippen LogP contribution is 2.22. The zero-order valence-corrected chi connectivity index (χ0v) is 15.6. The number of benzene rings is 1. The van der Waals surface area contributed by atoms with Crippen molar-refractivity contribution in [2.45, 2.75) is 44.8 Å². The summed E-state index contributed by atoms with van der Waals surface area (Å²) < 4.78 is 25.2. The molecule has 0 aliphatic carbocycles. The number of fused-ring (bicyclic) bond motifs is 1. The maximum atomic E-state index is 12.4. The molecule has 138 valence electrons. The minimum Gasteiger partial charge on any atom is -0.343 e. The van der Waals surface area contributed by atoms with Crippen LogP contribution in [0.3, 0.4) is 0 Å².